The van der Waals surface area contributed by atoms with E-state index in [1.54, 1.807) is 17.5 Å². The number of thiazole rings is 1. The molecule has 0 amide bonds. The Morgan fingerprint density at radius 3 is 2.90 bits per heavy atom. The second-order valence-electron chi connectivity index (χ2n) is 4.54. The summed E-state index contributed by atoms with van der Waals surface area (Å²) in [5, 5.41) is 4.06. The first-order chi connectivity index (χ1) is 9.74. The molecule has 2 heterocycles. The highest BCUT2D eigenvalue weighted by molar-refractivity contribution is 7.22. The van der Waals surface area contributed by atoms with Crippen LogP contribution in [0.15, 0.2) is 36.7 Å². The summed E-state index contributed by atoms with van der Waals surface area (Å²) in [5.74, 6) is -0.318. The van der Waals surface area contributed by atoms with E-state index in [0.29, 0.717) is 6.54 Å². The molecule has 20 heavy (non-hydrogen) atoms. The second kappa shape index (κ2) is 5.54. The fourth-order valence-corrected chi connectivity index (χ4v) is 2.92. The van der Waals surface area contributed by atoms with Crippen LogP contribution >= 0.6 is 11.3 Å². The molecule has 0 fully saturated rings. The summed E-state index contributed by atoms with van der Waals surface area (Å²) in [6, 6.07) is 7.78. The molecule has 1 N–H and O–H groups in total. The molecule has 0 spiro atoms. The number of hydrogen-bond acceptors (Lipinski definition) is 4. The topological polar surface area (TPSA) is 37.8 Å². The van der Waals surface area contributed by atoms with E-state index in [2.05, 4.69) is 34.3 Å². The van der Waals surface area contributed by atoms with Crippen molar-refractivity contribution >= 4 is 26.7 Å². The lowest BCUT2D eigenvalue weighted by molar-refractivity contribution is 0.619. The highest BCUT2D eigenvalue weighted by atomic mass is 32.1. The van der Waals surface area contributed by atoms with Crippen molar-refractivity contribution in [2.75, 3.05) is 5.32 Å². The van der Waals surface area contributed by atoms with Crippen LogP contribution in [0.1, 0.15) is 18.1 Å². The first-order valence-electron chi connectivity index (χ1n) is 6.47. The summed E-state index contributed by atoms with van der Waals surface area (Å²) >= 11 is 1.61. The summed E-state index contributed by atoms with van der Waals surface area (Å²) in [4.78, 5) is 8.35. The molecule has 3 aromatic rings. The third-order valence-corrected chi connectivity index (χ3v) is 4.04. The van der Waals surface area contributed by atoms with Crippen molar-refractivity contribution in [1.29, 1.82) is 0 Å². The van der Waals surface area contributed by atoms with Crippen LogP contribution in [0.2, 0.25) is 0 Å². The Labute approximate surface area is 120 Å². The number of aromatic nitrogens is 2. The van der Waals surface area contributed by atoms with Crippen molar-refractivity contribution in [3.05, 3.63) is 53.6 Å². The van der Waals surface area contributed by atoms with Crippen LogP contribution in [-0.4, -0.2) is 9.97 Å². The smallest absolute Gasteiger partial charge is 0.184 e. The maximum Gasteiger partial charge on any atom is 0.184 e. The molecule has 0 bridgehead atoms. The summed E-state index contributed by atoms with van der Waals surface area (Å²) in [6.45, 7) is 2.66. The number of rotatable bonds is 4. The number of nitrogens with zero attached hydrogens (tertiary/aromatic N) is 2. The van der Waals surface area contributed by atoms with Gasteiger partial charge >= 0.3 is 0 Å². The quantitative estimate of drug-likeness (QED) is 0.788. The van der Waals surface area contributed by atoms with Gasteiger partial charge in [0.15, 0.2) is 5.13 Å². The van der Waals surface area contributed by atoms with E-state index in [1.807, 2.05) is 6.07 Å². The normalized spacial score (nSPS) is 10.9. The van der Waals surface area contributed by atoms with Gasteiger partial charge in [0.1, 0.15) is 5.82 Å². The van der Waals surface area contributed by atoms with Crippen molar-refractivity contribution in [3.8, 4) is 0 Å². The number of anilines is 1. The van der Waals surface area contributed by atoms with Crippen LogP contribution in [0.5, 0.6) is 0 Å². The fourth-order valence-electron chi connectivity index (χ4n) is 1.99. The van der Waals surface area contributed by atoms with Crippen molar-refractivity contribution in [3.63, 3.8) is 0 Å². The van der Waals surface area contributed by atoms with E-state index in [-0.39, 0.29) is 5.82 Å². The zero-order valence-electron chi connectivity index (χ0n) is 11.1. The molecule has 0 aliphatic heterocycles. The van der Waals surface area contributed by atoms with Gasteiger partial charge in [-0.2, -0.15) is 0 Å². The molecule has 5 heteroatoms. The maximum absolute atomic E-state index is 13.0. The molecule has 0 radical (unpaired) electrons. The van der Waals surface area contributed by atoms with Crippen LogP contribution in [0.3, 0.4) is 0 Å². The van der Waals surface area contributed by atoms with Gasteiger partial charge < -0.3 is 5.32 Å². The maximum atomic E-state index is 13.0. The van der Waals surface area contributed by atoms with Gasteiger partial charge in [0.05, 0.1) is 16.4 Å². The Morgan fingerprint density at radius 2 is 2.10 bits per heavy atom. The highest BCUT2D eigenvalue weighted by Gasteiger charge is 2.04. The van der Waals surface area contributed by atoms with Crippen LogP contribution in [0, 0.1) is 5.82 Å². The number of fused-ring (bicyclic) bond motifs is 1. The second-order valence-corrected chi connectivity index (χ2v) is 5.57. The third kappa shape index (κ3) is 2.77. The zero-order chi connectivity index (χ0) is 13.9. The monoisotopic (exact) mass is 287 g/mol. The predicted octanol–water partition coefficient (Wildman–Crippen LogP) is 4.00. The van der Waals surface area contributed by atoms with Gasteiger partial charge in [0, 0.05) is 12.7 Å². The van der Waals surface area contributed by atoms with Crippen LogP contribution in [-0.2, 0) is 13.0 Å². The van der Waals surface area contributed by atoms with E-state index < -0.39 is 0 Å². The SMILES string of the molecule is CCc1ccc2nc(NCc3cncc(F)c3)sc2c1. The van der Waals surface area contributed by atoms with Crippen molar-refractivity contribution in [2.45, 2.75) is 19.9 Å². The van der Waals surface area contributed by atoms with E-state index in [4.69, 9.17) is 0 Å². The molecule has 0 atom stereocenters. The van der Waals surface area contributed by atoms with Gasteiger partial charge in [-0.1, -0.05) is 24.3 Å². The highest BCUT2D eigenvalue weighted by Crippen LogP contribution is 2.27. The van der Waals surface area contributed by atoms with Crippen molar-refractivity contribution in [1.82, 2.24) is 9.97 Å². The molecular formula is C15H14FN3S. The Bertz CT molecular complexity index is 739. The predicted molar refractivity (Wildman–Crippen MR) is 80.5 cm³/mol. The third-order valence-electron chi connectivity index (χ3n) is 3.07. The van der Waals surface area contributed by atoms with Crippen LogP contribution < -0.4 is 5.32 Å². The minimum Gasteiger partial charge on any atom is -0.357 e. The van der Waals surface area contributed by atoms with Gasteiger partial charge in [-0.05, 0) is 35.7 Å². The number of halogens is 1. The molecule has 3 nitrogen and oxygen atoms in total. The molecular weight excluding hydrogens is 273 g/mol. The van der Waals surface area contributed by atoms with Gasteiger partial charge in [-0.3, -0.25) is 4.98 Å². The first-order valence-corrected chi connectivity index (χ1v) is 7.29. The molecule has 1 aromatic carbocycles. The van der Waals surface area contributed by atoms with E-state index in [1.165, 1.54) is 22.5 Å². The molecule has 0 saturated heterocycles. The first kappa shape index (κ1) is 13.0. The minimum atomic E-state index is -0.318. The average molecular weight is 287 g/mol. The molecule has 0 aliphatic carbocycles. The Morgan fingerprint density at radius 1 is 1.20 bits per heavy atom. The van der Waals surface area contributed by atoms with Crippen LogP contribution in [0.4, 0.5) is 9.52 Å². The number of aryl methyl sites for hydroxylation is 1. The number of nitrogens with one attached hydrogen (secondary N) is 1. The van der Waals surface area contributed by atoms with E-state index in [0.717, 1.165) is 22.6 Å². The molecule has 2 aromatic heterocycles. The van der Waals surface area contributed by atoms with E-state index in [9.17, 15) is 4.39 Å². The minimum absolute atomic E-state index is 0.318. The summed E-state index contributed by atoms with van der Waals surface area (Å²) in [6.07, 6.45) is 3.87. The number of benzene rings is 1. The van der Waals surface area contributed by atoms with Crippen LogP contribution in [0.25, 0.3) is 10.2 Å². The molecule has 3 rings (SSSR count). The zero-order valence-corrected chi connectivity index (χ0v) is 11.9. The molecule has 0 saturated carbocycles. The lowest BCUT2D eigenvalue weighted by Crippen LogP contribution is -1.99. The standard InChI is InChI=1S/C15H14FN3S/c1-2-10-3-4-13-14(6-10)20-15(19-13)18-8-11-5-12(16)9-17-7-11/h3-7,9H,2,8H2,1H3,(H,18,19). The van der Waals surface area contributed by atoms with Crippen molar-refractivity contribution < 1.29 is 4.39 Å². The fraction of sp³-hybridized carbons (Fsp3) is 0.200. The number of pyridine rings is 1. The van der Waals surface area contributed by atoms with Crippen molar-refractivity contribution in [2.24, 2.45) is 0 Å². The molecule has 102 valence electrons. The Kier molecular flexibility index (Phi) is 3.60. The lowest BCUT2D eigenvalue weighted by atomic mass is 10.2. The van der Waals surface area contributed by atoms with E-state index >= 15 is 0 Å². The van der Waals surface area contributed by atoms with Gasteiger partial charge in [0.25, 0.3) is 0 Å². The summed E-state index contributed by atoms with van der Waals surface area (Å²) in [5.41, 5.74) is 3.10. The molecule has 0 unspecified atom stereocenters. The number of hydrogen-bond donors (Lipinski definition) is 1. The Hall–Kier alpha value is -2.01. The lowest BCUT2D eigenvalue weighted by Gasteiger charge is -2.01. The van der Waals surface area contributed by atoms with Gasteiger partial charge in [-0.25, -0.2) is 9.37 Å². The van der Waals surface area contributed by atoms with Gasteiger partial charge in [0.2, 0.25) is 0 Å². The largest absolute Gasteiger partial charge is 0.357 e. The molecule has 0 aliphatic rings. The van der Waals surface area contributed by atoms with Gasteiger partial charge in [-0.15, -0.1) is 0 Å². The Balaban J connectivity index is 1.77. The summed E-state index contributed by atoms with van der Waals surface area (Å²) in [7, 11) is 0. The average Bonchev–Trinajstić information content (AvgIpc) is 2.87. The summed E-state index contributed by atoms with van der Waals surface area (Å²) < 4.78 is 14.2.